The molecule has 0 atom stereocenters. The lowest BCUT2D eigenvalue weighted by atomic mass is 9.87. The van der Waals surface area contributed by atoms with E-state index in [1.165, 1.54) is 4.68 Å². The highest BCUT2D eigenvalue weighted by atomic mass is 16.1. The average molecular weight is 237 g/mol. The number of aryl methyl sites for hydroxylation is 2. The van der Waals surface area contributed by atoms with Crippen molar-refractivity contribution in [3.63, 3.8) is 0 Å². The van der Waals surface area contributed by atoms with Gasteiger partial charge in [-0.1, -0.05) is 20.3 Å². The molecule has 0 aliphatic rings. The summed E-state index contributed by atoms with van der Waals surface area (Å²) in [6.45, 7) is 7.62. The first kappa shape index (κ1) is 13.9. The summed E-state index contributed by atoms with van der Waals surface area (Å²) < 4.78 is 1.53. The molecular weight excluding hydrogens is 214 g/mol. The van der Waals surface area contributed by atoms with Crippen molar-refractivity contribution in [2.24, 2.45) is 11.1 Å². The van der Waals surface area contributed by atoms with Crippen molar-refractivity contribution in [3.05, 3.63) is 28.2 Å². The molecule has 0 aliphatic carbocycles. The second kappa shape index (κ2) is 5.96. The Morgan fingerprint density at radius 2 is 2.12 bits per heavy atom. The van der Waals surface area contributed by atoms with E-state index in [1.54, 1.807) is 12.3 Å². The molecule has 0 unspecified atom stereocenters. The Labute approximate surface area is 103 Å². The van der Waals surface area contributed by atoms with E-state index < -0.39 is 0 Å². The smallest absolute Gasteiger partial charge is 0.266 e. The Bertz CT molecular complexity index is 409. The number of nitrogens with two attached hydrogens (primary N) is 1. The highest BCUT2D eigenvalue weighted by Crippen LogP contribution is 2.21. The third kappa shape index (κ3) is 4.69. The topological polar surface area (TPSA) is 60.9 Å². The molecule has 0 fully saturated rings. The highest BCUT2D eigenvalue weighted by Gasteiger charge is 2.14. The van der Waals surface area contributed by atoms with Gasteiger partial charge in [-0.15, -0.1) is 0 Å². The quantitative estimate of drug-likeness (QED) is 0.766. The molecule has 0 radical (unpaired) electrons. The van der Waals surface area contributed by atoms with Gasteiger partial charge >= 0.3 is 0 Å². The molecule has 1 rings (SSSR count). The highest BCUT2D eigenvalue weighted by molar-refractivity contribution is 5.02. The van der Waals surface area contributed by atoms with Crippen LogP contribution in [0.1, 0.15) is 38.7 Å². The summed E-state index contributed by atoms with van der Waals surface area (Å²) in [5.41, 5.74) is 6.77. The van der Waals surface area contributed by atoms with Gasteiger partial charge in [-0.05, 0) is 37.3 Å². The molecule has 0 aliphatic heterocycles. The molecule has 1 aromatic heterocycles. The average Bonchev–Trinajstić information content (AvgIpc) is 2.27. The monoisotopic (exact) mass is 237 g/mol. The van der Waals surface area contributed by atoms with Gasteiger partial charge in [0.1, 0.15) is 0 Å². The van der Waals surface area contributed by atoms with Gasteiger partial charge in [0, 0.05) is 12.6 Å². The summed E-state index contributed by atoms with van der Waals surface area (Å²) >= 11 is 0. The Morgan fingerprint density at radius 3 is 2.71 bits per heavy atom. The van der Waals surface area contributed by atoms with E-state index >= 15 is 0 Å². The zero-order chi connectivity index (χ0) is 12.9. The number of rotatable bonds is 6. The minimum atomic E-state index is -0.0110. The van der Waals surface area contributed by atoms with E-state index in [9.17, 15) is 4.79 Å². The maximum Gasteiger partial charge on any atom is 0.266 e. The lowest BCUT2D eigenvalue weighted by molar-refractivity contribution is 0.326. The van der Waals surface area contributed by atoms with Crippen LogP contribution < -0.4 is 11.3 Å². The summed E-state index contributed by atoms with van der Waals surface area (Å²) in [6, 6.07) is 1.62. The molecular formula is C13H23N3O. The summed E-state index contributed by atoms with van der Waals surface area (Å²) in [4.78, 5) is 11.6. The maximum atomic E-state index is 11.6. The predicted octanol–water partition coefficient (Wildman–Crippen LogP) is 1.71. The van der Waals surface area contributed by atoms with Gasteiger partial charge in [0.15, 0.2) is 0 Å². The Hall–Kier alpha value is -1.16. The van der Waals surface area contributed by atoms with Crippen LogP contribution in [0.5, 0.6) is 0 Å². The number of hydrogen-bond donors (Lipinski definition) is 1. The molecule has 17 heavy (non-hydrogen) atoms. The van der Waals surface area contributed by atoms with E-state index in [0.29, 0.717) is 13.1 Å². The van der Waals surface area contributed by atoms with Crippen molar-refractivity contribution < 1.29 is 0 Å². The number of hydrogen-bond acceptors (Lipinski definition) is 3. The lowest BCUT2D eigenvalue weighted by Gasteiger charge is -2.21. The van der Waals surface area contributed by atoms with Crippen molar-refractivity contribution in [2.75, 3.05) is 6.54 Å². The fourth-order valence-electron chi connectivity index (χ4n) is 1.66. The lowest BCUT2D eigenvalue weighted by Crippen LogP contribution is -2.24. The fraction of sp³-hybridized carbons (Fsp3) is 0.692. The molecule has 4 nitrogen and oxygen atoms in total. The van der Waals surface area contributed by atoms with Gasteiger partial charge < -0.3 is 5.73 Å². The molecule has 0 saturated heterocycles. The number of unbranched alkanes of at least 4 members (excludes halogenated alkanes) is 1. The molecule has 96 valence electrons. The third-order valence-corrected chi connectivity index (χ3v) is 3.03. The van der Waals surface area contributed by atoms with E-state index in [1.807, 2.05) is 6.92 Å². The third-order valence-electron chi connectivity index (χ3n) is 3.03. The first-order chi connectivity index (χ1) is 7.94. The largest absolute Gasteiger partial charge is 0.330 e. The van der Waals surface area contributed by atoms with Crippen LogP contribution in [0.25, 0.3) is 0 Å². The minimum Gasteiger partial charge on any atom is -0.330 e. The van der Waals surface area contributed by atoms with Crippen LogP contribution in [0.15, 0.2) is 17.1 Å². The zero-order valence-corrected chi connectivity index (χ0v) is 11.1. The molecule has 0 spiro atoms. The molecule has 0 saturated carbocycles. The van der Waals surface area contributed by atoms with Crippen LogP contribution in [-0.4, -0.2) is 16.3 Å². The Kier molecular flexibility index (Phi) is 4.87. The van der Waals surface area contributed by atoms with E-state index in [4.69, 9.17) is 5.73 Å². The van der Waals surface area contributed by atoms with Gasteiger partial charge in [-0.3, -0.25) is 4.79 Å². The Morgan fingerprint density at radius 1 is 1.41 bits per heavy atom. The number of nitrogens with zero attached hydrogens (tertiary/aromatic N) is 2. The second-order valence-electron chi connectivity index (χ2n) is 5.42. The molecule has 1 heterocycles. The molecule has 1 aromatic rings. The summed E-state index contributed by atoms with van der Waals surface area (Å²) in [6.07, 6.45) is 4.86. The van der Waals surface area contributed by atoms with E-state index in [-0.39, 0.29) is 11.0 Å². The molecule has 0 aromatic carbocycles. The summed E-state index contributed by atoms with van der Waals surface area (Å²) in [7, 11) is 0. The van der Waals surface area contributed by atoms with Crippen molar-refractivity contribution in [3.8, 4) is 0 Å². The van der Waals surface area contributed by atoms with Gasteiger partial charge in [-0.25, -0.2) is 4.68 Å². The van der Waals surface area contributed by atoms with E-state index in [0.717, 1.165) is 24.8 Å². The summed E-state index contributed by atoms with van der Waals surface area (Å²) in [5.74, 6) is 0. The second-order valence-corrected chi connectivity index (χ2v) is 5.42. The minimum absolute atomic E-state index is 0.0110. The normalized spacial score (nSPS) is 11.8. The van der Waals surface area contributed by atoms with Gasteiger partial charge in [0.05, 0.1) is 6.20 Å². The van der Waals surface area contributed by atoms with Crippen LogP contribution in [0.3, 0.4) is 0 Å². The first-order valence-corrected chi connectivity index (χ1v) is 6.18. The van der Waals surface area contributed by atoms with Crippen molar-refractivity contribution in [1.29, 1.82) is 0 Å². The van der Waals surface area contributed by atoms with Crippen LogP contribution in [-0.2, 0) is 6.54 Å². The standard InChI is InChI=1S/C13H23N3O/c1-11-8-12(17)16(15-9-11)7-5-4-6-13(2,3)10-14/h8-9H,4-7,10,14H2,1-3H3. The number of aromatic nitrogens is 2. The van der Waals surface area contributed by atoms with Crippen molar-refractivity contribution in [2.45, 2.75) is 46.6 Å². The first-order valence-electron chi connectivity index (χ1n) is 6.18. The molecule has 4 heteroatoms. The van der Waals surface area contributed by atoms with Crippen LogP contribution in [0.2, 0.25) is 0 Å². The molecule has 0 bridgehead atoms. The van der Waals surface area contributed by atoms with E-state index in [2.05, 4.69) is 18.9 Å². The van der Waals surface area contributed by atoms with Gasteiger partial charge in [-0.2, -0.15) is 5.10 Å². The van der Waals surface area contributed by atoms with Crippen molar-refractivity contribution >= 4 is 0 Å². The van der Waals surface area contributed by atoms with Crippen LogP contribution >= 0.6 is 0 Å². The van der Waals surface area contributed by atoms with Crippen molar-refractivity contribution in [1.82, 2.24) is 9.78 Å². The predicted molar refractivity (Wildman–Crippen MR) is 69.9 cm³/mol. The van der Waals surface area contributed by atoms with Crippen LogP contribution in [0, 0.1) is 12.3 Å². The van der Waals surface area contributed by atoms with Crippen LogP contribution in [0.4, 0.5) is 0 Å². The SMILES string of the molecule is Cc1cnn(CCCCC(C)(C)CN)c(=O)c1. The van der Waals surface area contributed by atoms with Gasteiger partial charge in [0.2, 0.25) is 0 Å². The fourth-order valence-corrected chi connectivity index (χ4v) is 1.66. The molecule has 2 N–H and O–H groups in total. The van der Waals surface area contributed by atoms with Gasteiger partial charge in [0.25, 0.3) is 5.56 Å². The maximum absolute atomic E-state index is 11.6. The Balaban J connectivity index is 2.39. The zero-order valence-electron chi connectivity index (χ0n) is 11.1. The summed E-state index contributed by atoms with van der Waals surface area (Å²) in [5, 5.41) is 4.11. The molecule has 0 amide bonds.